The van der Waals surface area contributed by atoms with Gasteiger partial charge in [-0.3, -0.25) is 0 Å². The van der Waals surface area contributed by atoms with Gasteiger partial charge in [-0.1, -0.05) is 6.07 Å². The fourth-order valence-corrected chi connectivity index (χ4v) is 2.79. The van der Waals surface area contributed by atoms with Gasteiger partial charge in [-0.15, -0.1) is 0 Å². The second-order valence-corrected chi connectivity index (χ2v) is 6.17. The number of aromatic hydroxyl groups is 1. The molecular formula is C19H23N3O3. The topological polar surface area (TPSA) is 83.5 Å². The van der Waals surface area contributed by atoms with Crippen LogP contribution in [-0.4, -0.2) is 26.6 Å². The van der Waals surface area contributed by atoms with E-state index >= 15 is 0 Å². The van der Waals surface area contributed by atoms with Gasteiger partial charge in [0.1, 0.15) is 17.3 Å². The molecule has 0 radical (unpaired) electrons. The van der Waals surface area contributed by atoms with Crippen LogP contribution in [-0.2, 0) is 13.1 Å². The number of phenolic OH excluding ortho intramolecular Hbond substituents is 1. The van der Waals surface area contributed by atoms with Gasteiger partial charge in [-0.05, 0) is 44.0 Å². The van der Waals surface area contributed by atoms with Crippen LogP contribution in [0.25, 0.3) is 11.3 Å². The summed E-state index contributed by atoms with van der Waals surface area (Å²) in [6.45, 7) is 6.73. The van der Waals surface area contributed by atoms with E-state index in [9.17, 15) is 10.2 Å². The Morgan fingerprint density at radius 2 is 1.92 bits per heavy atom. The normalized spacial score (nSPS) is 11.0. The lowest BCUT2D eigenvalue weighted by Crippen LogP contribution is -2.10. The smallest absolute Gasteiger partial charge is 0.125 e. The number of benzene rings is 1. The summed E-state index contributed by atoms with van der Waals surface area (Å²) in [5.74, 6) is 1.85. The molecule has 0 saturated heterocycles. The molecule has 3 rings (SSSR count). The zero-order valence-electron chi connectivity index (χ0n) is 14.7. The molecule has 0 bridgehead atoms. The third-order valence-corrected chi connectivity index (χ3v) is 4.38. The van der Waals surface area contributed by atoms with Crippen LogP contribution < -0.4 is 5.32 Å². The first-order valence-electron chi connectivity index (χ1n) is 8.25. The second kappa shape index (κ2) is 7.03. The highest BCUT2D eigenvalue weighted by atomic mass is 16.3. The standard InChI is InChI=1S/C19H23N3O3/c1-12-8-15(18(24)9-13(12)2)11-20-19-10-17(21-22(19)5-6-23)16-4-7-25-14(16)3/h4,7-10,20,23-24H,5-6,11H2,1-3H3. The maximum Gasteiger partial charge on any atom is 0.125 e. The number of nitrogens with one attached hydrogen (secondary N) is 1. The Morgan fingerprint density at radius 3 is 2.60 bits per heavy atom. The Balaban J connectivity index is 1.85. The summed E-state index contributed by atoms with van der Waals surface area (Å²) in [6.07, 6.45) is 1.63. The van der Waals surface area contributed by atoms with Crippen LogP contribution in [0, 0.1) is 20.8 Å². The van der Waals surface area contributed by atoms with Gasteiger partial charge in [0.25, 0.3) is 0 Å². The number of aliphatic hydroxyl groups is 1. The highest BCUT2D eigenvalue weighted by molar-refractivity contribution is 5.64. The van der Waals surface area contributed by atoms with Crippen molar-refractivity contribution in [3.05, 3.63) is 53.0 Å². The second-order valence-electron chi connectivity index (χ2n) is 6.17. The Hall–Kier alpha value is -2.73. The minimum Gasteiger partial charge on any atom is -0.508 e. The lowest BCUT2D eigenvalue weighted by molar-refractivity contribution is 0.270. The van der Waals surface area contributed by atoms with Crippen LogP contribution >= 0.6 is 0 Å². The molecule has 0 unspecified atom stereocenters. The van der Waals surface area contributed by atoms with Crippen molar-refractivity contribution in [1.29, 1.82) is 0 Å². The van der Waals surface area contributed by atoms with Crippen LogP contribution in [0.15, 0.2) is 34.9 Å². The Morgan fingerprint density at radius 1 is 1.16 bits per heavy atom. The molecule has 25 heavy (non-hydrogen) atoms. The van der Waals surface area contributed by atoms with Crippen LogP contribution in [0.5, 0.6) is 5.75 Å². The van der Waals surface area contributed by atoms with Gasteiger partial charge in [-0.2, -0.15) is 5.10 Å². The summed E-state index contributed by atoms with van der Waals surface area (Å²) in [5, 5.41) is 27.3. The molecule has 0 saturated carbocycles. The summed E-state index contributed by atoms with van der Waals surface area (Å²) in [4.78, 5) is 0. The van der Waals surface area contributed by atoms with Crippen molar-refractivity contribution >= 4 is 5.82 Å². The molecule has 0 fully saturated rings. The molecule has 3 aromatic rings. The molecule has 6 nitrogen and oxygen atoms in total. The van der Waals surface area contributed by atoms with Gasteiger partial charge in [-0.25, -0.2) is 4.68 Å². The Bertz CT molecular complexity index is 880. The molecule has 0 aliphatic heterocycles. The summed E-state index contributed by atoms with van der Waals surface area (Å²) in [5.41, 5.74) is 4.72. The zero-order chi connectivity index (χ0) is 18.0. The van der Waals surface area contributed by atoms with E-state index in [0.29, 0.717) is 13.1 Å². The number of hydrogen-bond donors (Lipinski definition) is 3. The van der Waals surface area contributed by atoms with Gasteiger partial charge >= 0.3 is 0 Å². The number of rotatable bonds is 6. The van der Waals surface area contributed by atoms with Crippen molar-refractivity contribution < 1.29 is 14.6 Å². The molecule has 1 aromatic carbocycles. The highest BCUT2D eigenvalue weighted by Gasteiger charge is 2.13. The largest absolute Gasteiger partial charge is 0.508 e. The predicted molar refractivity (Wildman–Crippen MR) is 96.7 cm³/mol. The van der Waals surface area contributed by atoms with Crippen molar-refractivity contribution in [3.8, 4) is 17.0 Å². The maximum atomic E-state index is 10.1. The molecule has 2 heterocycles. The molecular weight excluding hydrogens is 318 g/mol. The fourth-order valence-electron chi connectivity index (χ4n) is 2.79. The van der Waals surface area contributed by atoms with E-state index in [1.807, 2.05) is 39.0 Å². The average molecular weight is 341 g/mol. The quantitative estimate of drug-likeness (QED) is 0.640. The summed E-state index contributed by atoms with van der Waals surface area (Å²) >= 11 is 0. The zero-order valence-corrected chi connectivity index (χ0v) is 14.7. The van der Waals surface area contributed by atoms with Gasteiger partial charge in [0.05, 0.1) is 25.1 Å². The minimum absolute atomic E-state index is 0.00490. The van der Waals surface area contributed by atoms with Gasteiger partial charge in [0.2, 0.25) is 0 Å². The number of anilines is 1. The van der Waals surface area contributed by atoms with Crippen LogP contribution in [0.1, 0.15) is 22.5 Å². The molecule has 0 amide bonds. The van der Waals surface area contributed by atoms with Crippen LogP contribution in [0.2, 0.25) is 0 Å². The first kappa shape index (κ1) is 17.1. The van der Waals surface area contributed by atoms with Crippen LogP contribution in [0.4, 0.5) is 5.82 Å². The molecule has 0 aliphatic rings. The van der Waals surface area contributed by atoms with Gasteiger partial charge in [0, 0.05) is 23.7 Å². The first-order valence-corrected chi connectivity index (χ1v) is 8.25. The molecule has 3 N–H and O–H groups in total. The van der Waals surface area contributed by atoms with Crippen molar-refractivity contribution in [2.75, 3.05) is 11.9 Å². The number of nitrogens with zero attached hydrogens (tertiary/aromatic N) is 2. The van der Waals surface area contributed by atoms with Gasteiger partial charge < -0.3 is 19.9 Å². The Labute approximate surface area is 146 Å². The number of hydrogen-bond acceptors (Lipinski definition) is 5. The lowest BCUT2D eigenvalue weighted by Gasteiger charge is -2.11. The SMILES string of the molecule is Cc1cc(O)c(CNc2cc(-c3ccoc3C)nn2CCO)cc1C. The van der Waals surface area contributed by atoms with Crippen LogP contribution in [0.3, 0.4) is 0 Å². The molecule has 2 aromatic heterocycles. The summed E-state index contributed by atoms with van der Waals surface area (Å²) in [7, 11) is 0. The number of aryl methyl sites for hydroxylation is 3. The predicted octanol–water partition coefficient (Wildman–Crippen LogP) is 3.38. The summed E-state index contributed by atoms with van der Waals surface area (Å²) < 4.78 is 7.07. The Kier molecular flexibility index (Phi) is 4.81. The highest BCUT2D eigenvalue weighted by Crippen LogP contribution is 2.27. The third kappa shape index (κ3) is 3.53. The van der Waals surface area contributed by atoms with E-state index in [4.69, 9.17) is 4.42 Å². The van der Waals surface area contributed by atoms with E-state index in [2.05, 4.69) is 10.4 Å². The average Bonchev–Trinajstić information content (AvgIpc) is 3.16. The molecule has 6 heteroatoms. The number of aliphatic hydroxyl groups excluding tert-OH is 1. The van der Waals surface area contributed by atoms with Crippen molar-refractivity contribution in [3.63, 3.8) is 0 Å². The van der Waals surface area contributed by atoms with E-state index in [0.717, 1.165) is 39.5 Å². The fraction of sp³-hybridized carbons (Fsp3) is 0.316. The number of phenols is 1. The van der Waals surface area contributed by atoms with Crippen molar-refractivity contribution in [1.82, 2.24) is 9.78 Å². The minimum atomic E-state index is -0.00490. The van der Waals surface area contributed by atoms with Gasteiger partial charge in [0.15, 0.2) is 0 Å². The third-order valence-electron chi connectivity index (χ3n) is 4.38. The summed E-state index contributed by atoms with van der Waals surface area (Å²) in [6, 6.07) is 7.55. The monoisotopic (exact) mass is 341 g/mol. The lowest BCUT2D eigenvalue weighted by atomic mass is 10.1. The molecule has 0 atom stereocenters. The number of aromatic nitrogens is 2. The van der Waals surface area contributed by atoms with Crippen molar-refractivity contribution in [2.45, 2.75) is 33.9 Å². The first-order chi connectivity index (χ1) is 12.0. The molecule has 0 aliphatic carbocycles. The van der Waals surface area contributed by atoms with E-state index in [-0.39, 0.29) is 12.4 Å². The molecule has 132 valence electrons. The van der Waals surface area contributed by atoms with E-state index in [1.54, 1.807) is 17.0 Å². The van der Waals surface area contributed by atoms with E-state index < -0.39 is 0 Å². The van der Waals surface area contributed by atoms with Crippen molar-refractivity contribution in [2.24, 2.45) is 0 Å². The maximum absolute atomic E-state index is 10.1. The number of furan rings is 1. The molecule has 0 spiro atoms. The van der Waals surface area contributed by atoms with E-state index in [1.165, 1.54) is 0 Å².